The fourth-order valence-corrected chi connectivity index (χ4v) is 3.54. The van der Waals surface area contributed by atoms with Crippen LogP contribution in [0.2, 0.25) is 5.02 Å². The molecule has 1 heterocycles. The van der Waals surface area contributed by atoms with E-state index in [2.05, 4.69) is 37.7 Å². The first-order chi connectivity index (χ1) is 9.08. The van der Waals surface area contributed by atoms with Crippen LogP contribution >= 0.6 is 38.9 Å². The van der Waals surface area contributed by atoms with Crippen LogP contribution in [0.5, 0.6) is 0 Å². The molecule has 2 nitrogen and oxygen atoms in total. The third-order valence-electron chi connectivity index (χ3n) is 2.98. The second-order valence-electron chi connectivity index (χ2n) is 4.51. The average molecular weight is 360 g/mol. The summed E-state index contributed by atoms with van der Waals surface area (Å²) in [6.45, 7) is 2.03. The first-order valence-corrected chi connectivity index (χ1v) is 8.15. The van der Waals surface area contributed by atoms with Crippen LogP contribution in [0.3, 0.4) is 0 Å². The monoisotopic (exact) mass is 358 g/mol. The zero-order valence-corrected chi connectivity index (χ0v) is 14.1. The summed E-state index contributed by atoms with van der Waals surface area (Å²) in [5.74, 6) is 0. The number of hydrogen-bond donors (Lipinski definition) is 1. The minimum Gasteiger partial charge on any atom is -0.316 e. The second kappa shape index (κ2) is 6.84. The molecule has 1 aromatic carbocycles. The van der Waals surface area contributed by atoms with Crippen LogP contribution in [-0.4, -0.2) is 18.1 Å². The molecule has 0 bridgehead atoms. The standard InChI is InChI=1S/C14H16BrClN2S/c1-9-8-19-14(18-9)7-12(17-2)5-10-3-4-11(15)6-13(10)16/h3-4,6,8,12,17H,5,7H2,1-2H3. The zero-order chi connectivity index (χ0) is 13.8. The van der Waals surface area contributed by atoms with Crippen molar-refractivity contribution >= 4 is 38.9 Å². The second-order valence-corrected chi connectivity index (χ2v) is 6.78. The van der Waals surface area contributed by atoms with Gasteiger partial charge in [-0.15, -0.1) is 11.3 Å². The SMILES string of the molecule is CNC(Cc1nc(C)cs1)Cc1ccc(Br)cc1Cl. The Morgan fingerprint density at radius 3 is 2.79 bits per heavy atom. The molecular formula is C14H16BrClN2S. The molecule has 19 heavy (non-hydrogen) atoms. The lowest BCUT2D eigenvalue weighted by atomic mass is 10.0. The van der Waals surface area contributed by atoms with Crippen molar-refractivity contribution in [2.75, 3.05) is 7.05 Å². The lowest BCUT2D eigenvalue weighted by Gasteiger charge is -2.16. The predicted molar refractivity (Wildman–Crippen MR) is 86.3 cm³/mol. The van der Waals surface area contributed by atoms with Crippen LogP contribution in [0.4, 0.5) is 0 Å². The van der Waals surface area contributed by atoms with Crippen molar-refractivity contribution in [1.82, 2.24) is 10.3 Å². The van der Waals surface area contributed by atoms with Crippen molar-refractivity contribution in [1.29, 1.82) is 0 Å². The van der Waals surface area contributed by atoms with Gasteiger partial charge in [-0.1, -0.05) is 33.6 Å². The van der Waals surface area contributed by atoms with Gasteiger partial charge in [0.25, 0.3) is 0 Å². The molecule has 0 saturated carbocycles. The number of aromatic nitrogens is 1. The van der Waals surface area contributed by atoms with E-state index in [0.29, 0.717) is 6.04 Å². The molecule has 0 amide bonds. The molecule has 1 atom stereocenters. The number of hydrogen-bond acceptors (Lipinski definition) is 3. The molecule has 5 heteroatoms. The highest BCUT2D eigenvalue weighted by Gasteiger charge is 2.12. The first-order valence-electron chi connectivity index (χ1n) is 6.10. The van der Waals surface area contributed by atoms with Crippen LogP contribution in [0.25, 0.3) is 0 Å². The predicted octanol–water partition coefficient (Wildman–Crippen LogP) is 4.24. The number of nitrogens with zero attached hydrogens (tertiary/aromatic N) is 1. The van der Waals surface area contributed by atoms with Gasteiger partial charge in [0.05, 0.1) is 5.01 Å². The van der Waals surface area contributed by atoms with E-state index < -0.39 is 0 Å². The third kappa shape index (κ3) is 4.28. The molecule has 102 valence electrons. The van der Waals surface area contributed by atoms with Gasteiger partial charge in [-0.25, -0.2) is 4.98 Å². The normalized spacial score (nSPS) is 12.6. The van der Waals surface area contributed by atoms with Crippen LogP contribution in [-0.2, 0) is 12.8 Å². The molecule has 2 rings (SSSR count). The zero-order valence-electron chi connectivity index (χ0n) is 10.9. The highest BCUT2D eigenvalue weighted by atomic mass is 79.9. The minimum absolute atomic E-state index is 0.351. The maximum absolute atomic E-state index is 6.27. The summed E-state index contributed by atoms with van der Waals surface area (Å²) >= 11 is 11.4. The summed E-state index contributed by atoms with van der Waals surface area (Å²) in [5.41, 5.74) is 2.26. The Hall–Kier alpha value is -0.420. The van der Waals surface area contributed by atoms with Crippen molar-refractivity contribution < 1.29 is 0 Å². The fraction of sp³-hybridized carbons (Fsp3) is 0.357. The molecule has 0 aliphatic carbocycles. The van der Waals surface area contributed by atoms with Crippen LogP contribution in [0.1, 0.15) is 16.3 Å². The number of halogens is 2. The number of rotatable bonds is 5. The van der Waals surface area contributed by atoms with E-state index in [-0.39, 0.29) is 0 Å². The van der Waals surface area contributed by atoms with Gasteiger partial charge in [-0.05, 0) is 38.1 Å². The number of aryl methyl sites for hydroxylation is 1. The van der Waals surface area contributed by atoms with Crippen LogP contribution < -0.4 is 5.32 Å². The number of likely N-dealkylation sites (N-methyl/N-ethyl adjacent to an activating group) is 1. The molecule has 0 spiro atoms. The number of thiazole rings is 1. The summed E-state index contributed by atoms with van der Waals surface area (Å²) in [7, 11) is 1.98. The number of nitrogens with one attached hydrogen (secondary N) is 1. The minimum atomic E-state index is 0.351. The summed E-state index contributed by atoms with van der Waals surface area (Å²) in [6.07, 6.45) is 1.84. The van der Waals surface area contributed by atoms with Gasteiger partial charge in [-0.2, -0.15) is 0 Å². The highest BCUT2D eigenvalue weighted by molar-refractivity contribution is 9.10. The smallest absolute Gasteiger partial charge is 0.0943 e. The molecule has 0 fully saturated rings. The van der Waals surface area contributed by atoms with E-state index in [0.717, 1.165) is 33.6 Å². The van der Waals surface area contributed by atoms with Gasteiger partial charge in [-0.3, -0.25) is 0 Å². The molecule has 0 aliphatic heterocycles. The highest BCUT2D eigenvalue weighted by Crippen LogP contribution is 2.23. The molecule has 1 N–H and O–H groups in total. The van der Waals surface area contributed by atoms with Crippen LogP contribution in [0, 0.1) is 6.92 Å². The Balaban J connectivity index is 2.06. The maximum Gasteiger partial charge on any atom is 0.0943 e. The first kappa shape index (κ1) is 15.0. The third-order valence-corrected chi connectivity index (χ3v) is 4.81. The molecule has 1 aromatic heterocycles. The molecule has 0 saturated heterocycles. The summed E-state index contributed by atoms with van der Waals surface area (Å²) in [4.78, 5) is 4.51. The van der Waals surface area contributed by atoms with Gasteiger partial charge in [0, 0.05) is 33.0 Å². The van der Waals surface area contributed by atoms with E-state index >= 15 is 0 Å². The molecule has 0 aliphatic rings. The van der Waals surface area contributed by atoms with Gasteiger partial charge < -0.3 is 5.32 Å². The topological polar surface area (TPSA) is 24.9 Å². The molecule has 0 radical (unpaired) electrons. The van der Waals surface area contributed by atoms with Crippen molar-refractivity contribution in [2.45, 2.75) is 25.8 Å². The van der Waals surface area contributed by atoms with Gasteiger partial charge in [0.15, 0.2) is 0 Å². The Kier molecular flexibility index (Phi) is 5.39. The molecule has 2 aromatic rings. The van der Waals surface area contributed by atoms with Crippen molar-refractivity contribution in [3.63, 3.8) is 0 Å². The Morgan fingerprint density at radius 1 is 1.42 bits per heavy atom. The lowest BCUT2D eigenvalue weighted by molar-refractivity contribution is 0.555. The molecular weight excluding hydrogens is 344 g/mol. The van der Waals surface area contributed by atoms with Gasteiger partial charge in [0.2, 0.25) is 0 Å². The van der Waals surface area contributed by atoms with Gasteiger partial charge >= 0.3 is 0 Å². The summed E-state index contributed by atoms with van der Waals surface area (Å²) in [5, 5.41) is 7.42. The van der Waals surface area contributed by atoms with Gasteiger partial charge in [0.1, 0.15) is 0 Å². The fourth-order valence-electron chi connectivity index (χ4n) is 1.94. The Morgan fingerprint density at radius 2 is 2.21 bits per heavy atom. The number of benzene rings is 1. The van der Waals surface area contributed by atoms with Crippen molar-refractivity contribution in [3.05, 3.63) is 49.3 Å². The van der Waals surface area contributed by atoms with E-state index in [4.69, 9.17) is 11.6 Å². The van der Waals surface area contributed by atoms with E-state index in [1.807, 2.05) is 26.1 Å². The summed E-state index contributed by atoms with van der Waals surface area (Å²) in [6, 6.07) is 6.40. The van der Waals surface area contributed by atoms with E-state index in [1.54, 1.807) is 11.3 Å². The quantitative estimate of drug-likeness (QED) is 0.863. The van der Waals surface area contributed by atoms with E-state index in [1.165, 1.54) is 5.01 Å². The lowest BCUT2D eigenvalue weighted by Crippen LogP contribution is -2.30. The van der Waals surface area contributed by atoms with Crippen LogP contribution in [0.15, 0.2) is 28.1 Å². The Bertz CT molecular complexity index is 556. The van der Waals surface area contributed by atoms with Crippen molar-refractivity contribution in [2.24, 2.45) is 0 Å². The largest absolute Gasteiger partial charge is 0.316 e. The van der Waals surface area contributed by atoms with E-state index in [9.17, 15) is 0 Å². The summed E-state index contributed by atoms with van der Waals surface area (Å²) < 4.78 is 1.01. The molecule has 1 unspecified atom stereocenters. The average Bonchev–Trinajstić information content (AvgIpc) is 2.77. The maximum atomic E-state index is 6.27. The van der Waals surface area contributed by atoms with Crippen molar-refractivity contribution in [3.8, 4) is 0 Å². The Labute approximate surface area is 131 Å².